The molecule has 0 amide bonds. The van der Waals surface area contributed by atoms with E-state index in [9.17, 15) is 0 Å². The standard InChI is InChI=1S/C23H28N2O4/c1-26-17-8-9-20(27-2)22(15-17)28-14-4-6-19-23-18(16-10-12-24-13-11-16)5-3-7-21(23)29-25-19/h3,5,7-9,15-16,24H,4,6,10-14H2,1-2H3. The first-order chi connectivity index (χ1) is 14.3. The van der Waals surface area contributed by atoms with Crippen molar-refractivity contribution in [3.05, 3.63) is 47.7 Å². The summed E-state index contributed by atoms with van der Waals surface area (Å²) in [6.07, 6.45) is 3.95. The van der Waals surface area contributed by atoms with Gasteiger partial charge in [-0.05, 0) is 68.5 Å². The molecule has 0 unspecified atom stereocenters. The smallest absolute Gasteiger partial charge is 0.167 e. The van der Waals surface area contributed by atoms with Crippen LogP contribution in [0, 0.1) is 0 Å². The summed E-state index contributed by atoms with van der Waals surface area (Å²) in [6, 6.07) is 11.9. The third kappa shape index (κ3) is 4.32. The first-order valence-corrected chi connectivity index (χ1v) is 10.2. The van der Waals surface area contributed by atoms with Crippen LogP contribution in [0.4, 0.5) is 0 Å². The number of piperidine rings is 1. The summed E-state index contributed by atoms with van der Waals surface area (Å²) in [5, 5.41) is 9.00. The number of rotatable bonds is 8. The minimum absolute atomic E-state index is 0.563. The van der Waals surface area contributed by atoms with Crippen molar-refractivity contribution < 1.29 is 18.7 Å². The molecule has 3 aromatic rings. The number of benzene rings is 2. The van der Waals surface area contributed by atoms with Crippen molar-refractivity contribution in [2.75, 3.05) is 33.9 Å². The normalized spacial score (nSPS) is 14.8. The van der Waals surface area contributed by atoms with Crippen LogP contribution in [0.15, 0.2) is 40.9 Å². The topological polar surface area (TPSA) is 65.8 Å². The highest BCUT2D eigenvalue weighted by molar-refractivity contribution is 5.83. The average Bonchev–Trinajstić information content (AvgIpc) is 3.20. The molecule has 0 bridgehead atoms. The molecule has 154 valence electrons. The Morgan fingerprint density at radius 2 is 1.93 bits per heavy atom. The Labute approximate surface area is 171 Å². The van der Waals surface area contributed by atoms with E-state index in [0.29, 0.717) is 24.0 Å². The van der Waals surface area contributed by atoms with Gasteiger partial charge in [0.1, 0.15) is 5.75 Å². The van der Waals surface area contributed by atoms with Crippen LogP contribution in [0.5, 0.6) is 17.2 Å². The maximum absolute atomic E-state index is 5.96. The summed E-state index contributed by atoms with van der Waals surface area (Å²) in [5.41, 5.74) is 3.28. The van der Waals surface area contributed by atoms with Gasteiger partial charge in [0.2, 0.25) is 0 Å². The van der Waals surface area contributed by atoms with Crippen molar-refractivity contribution in [1.29, 1.82) is 0 Å². The molecular formula is C23H28N2O4. The second-order valence-electron chi connectivity index (χ2n) is 7.34. The number of methoxy groups -OCH3 is 2. The number of hydrogen-bond acceptors (Lipinski definition) is 6. The zero-order chi connectivity index (χ0) is 20.1. The third-order valence-corrected chi connectivity index (χ3v) is 5.57. The largest absolute Gasteiger partial charge is 0.497 e. The van der Waals surface area contributed by atoms with Crippen LogP contribution in [0.25, 0.3) is 11.0 Å². The van der Waals surface area contributed by atoms with Gasteiger partial charge in [-0.25, -0.2) is 0 Å². The molecule has 0 spiro atoms. The first-order valence-electron chi connectivity index (χ1n) is 10.2. The zero-order valence-electron chi connectivity index (χ0n) is 17.1. The van der Waals surface area contributed by atoms with E-state index in [0.717, 1.165) is 55.8 Å². The summed E-state index contributed by atoms with van der Waals surface area (Å²) in [4.78, 5) is 0. The molecule has 1 aromatic heterocycles. The third-order valence-electron chi connectivity index (χ3n) is 5.57. The second kappa shape index (κ2) is 9.18. The highest BCUT2D eigenvalue weighted by Crippen LogP contribution is 2.34. The van der Waals surface area contributed by atoms with E-state index in [1.54, 1.807) is 14.2 Å². The Bertz CT molecular complexity index is 947. The van der Waals surface area contributed by atoms with Crippen LogP contribution >= 0.6 is 0 Å². The fraction of sp³-hybridized carbons (Fsp3) is 0.435. The Hall–Kier alpha value is -2.73. The van der Waals surface area contributed by atoms with Crippen molar-refractivity contribution >= 4 is 11.0 Å². The summed E-state index contributed by atoms with van der Waals surface area (Å²) in [5.74, 6) is 2.70. The van der Waals surface area contributed by atoms with Crippen LogP contribution < -0.4 is 19.5 Å². The minimum atomic E-state index is 0.563. The van der Waals surface area contributed by atoms with E-state index >= 15 is 0 Å². The second-order valence-corrected chi connectivity index (χ2v) is 7.34. The molecule has 1 fully saturated rings. The molecule has 0 aliphatic carbocycles. The molecule has 0 atom stereocenters. The maximum Gasteiger partial charge on any atom is 0.167 e. The van der Waals surface area contributed by atoms with E-state index in [-0.39, 0.29) is 0 Å². The maximum atomic E-state index is 5.96. The van der Waals surface area contributed by atoms with Gasteiger partial charge in [0.05, 0.1) is 26.5 Å². The van der Waals surface area contributed by atoms with Crippen molar-refractivity contribution in [3.8, 4) is 17.2 Å². The molecule has 1 saturated heterocycles. The Morgan fingerprint density at radius 1 is 1.07 bits per heavy atom. The number of aromatic nitrogens is 1. The van der Waals surface area contributed by atoms with Gasteiger partial charge < -0.3 is 24.1 Å². The predicted molar refractivity (Wildman–Crippen MR) is 112 cm³/mol. The number of nitrogens with zero attached hydrogens (tertiary/aromatic N) is 1. The molecule has 0 radical (unpaired) electrons. The van der Waals surface area contributed by atoms with Gasteiger partial charge in [0.25, 0.3) is 0 Å². The fourth-order valence-electron chi connectivity index (χ4n) is 4.05. The molecule has 2 aromatic carbocycles. The van der Waals surface area contributed by atoms with Crippen LogP contribution in [0.1, 0.15) is 36.4 Å². The lowest BCUT2D eigenvalue weighted by Gasteiger charge is -2.23. The van der Waals surface area contributed by atoms with E-state index in [1.807, 2.05) is 24.3 Å². The van der Waals surface area contributed by atoms with E-state index in [1.165, 1.54) is 10.9 Å². The molecule has 1 N–H and O–H groups in total. The minimum Gasteiger partial charge on any atom is -0.497 e. The van der Waals surface area contributed by atoms with E-state index < -0.39 is 0 Å². The quantitative estimate of drug-likeness (QED) is 0.572. The van der Waals surface area contributed by atoms with Crippen LogP contribution in [0.3, 0.4) is 0 Å². The molecule has 29 heavy (non-hydrogen) atoms. The van der Waals surface area contributed by atoms with Crippen LogP contribution in [-0.2, 0) is 6.42 Å². The lowest BCUT2D eigenvalue weighted by Crippen LogP contribution is -2.26. The van der Waals surface area contributed by atoms with Gasteiger partial charge in [0.15, 0.2) is 17.1 Å². The zero-order valence-corrected chi connectivity index (χ0v) is 17.1. The SMILES string of the molecule is COc1ccc(OC)c(OCCCc2noc3cccc(C4CCNCC4)c23)c1. The Kier molecular flexibility index (Phi) is 6.20. The summed E-state index contributed by atoms with van der Waals surface area (Å²) in [7, 11) is 3.28. The fourth-order valence-corrected chi connectivity index (χ4v) is 4.05. The van der Waals surface area contributed by atoms with Gasteiger partial charge in [-0.1, -0.05) is 17.3 Å². The van der Waals surface area contributed by atoms with E-state index in [2.05, 4.69) is 22.6 Å². The predicted octanol–water partition coefficient (Wildman–Crippen LogP) is 4.32. The van der Waals surface area contributed by atoms with Gasteiger partial charge >= 0.3 is 0 Å². The number of fused-ring (bicyclic) bond motifs is 1. The molecule has 0 saturated carbocycles. The first kappa shape index (κ1) is 19.6. The summed E-state index contributed by atoms with van der Waals surface area (Å²) < 4.78 is 22.2. The summed E-state index contributed by atoms with van der Waals surface area (Å²) in [6.45, 7) is 2.70. The monoisotopic (exact) mass is 396 g/mol. The Balaban J connectivity index is 1.44. The van der Waals surface area contributed by atoms with Gasteiger partial charge in [-0.3, -0.25) is 0 Å². The van der Waals surface area contributed by atoms with Gasteiger partial charge in [-0.15, -0.1) is 0 Å². The van der Waals surface area contributed by atoms with E-state index in [4.69, 9.17) is 18.7 Å². The molecule has 6 nitrogen and oxygen atoms in total. The highest BCUT2D eigenvalue weighted by atomic mass is 16.5. The molecular weight excluding hydrogens is 368 g/mol. The molecule has 2 heterocycles. The molecule has 6 heteroatoms. The Morgan fingerprint density at radius 3 is 2.72 bits per heavy atom. The lowest BCUT2D eigenvalue weighted by atomic mass is 9.87. The van der Waals surface area contributed by atoms with Gasteiger partial charge in [0, 0.05) is 11.5 Å². The van der Waals surface area contributed by atoms with Gasteiger partial charge in [-0.2, -0.15) is 0 Å². The van der Waals surface area contributed by atoms with Crippen molar-refractivity contribution in [3.63, 3.8) is 0 Å². The molecule has 1 aliphatic heterocycles. The van der Waals surface area contributed by atoms with Crippen LogP contribution in [0.2, 0.25) is 0 Å². The van der Waals surface area contributed by atoms with Crippen LogP contribution in [-0.4, -0.2) is 39.1 Å². The lowest BCUT2D eigenvalue weighted by molar-refractivity contribution is 0.286. The van der Waals surface area contributed by atoms with Crippen molar-refractivity contribution in [2.45, 2.75) is 31.6 Å². The number of hydrogen-bond donors (Lipinski definition) is 1. The highest BCUT2D eigenvalue weighted by Gasteiger charge is 2.21. The number of nitrogens with one attached hydrogen (secondary N) is 1. The number of ether oxygens (including phenoxy) is 3. The summed E-state index contributed by atoms with van der Waals surface area (Å²) >= 11 is 0. The number of aryl methyl sites for hydroxylation is 1. The van der Waals surface area contributed by atoms with Crippen molar-refractivity contribution in [1.82, 2.24) is 10.5 Å². The molecule has 4 rings (SSSR count). The molecule has 1 aliphatic rings. The van der Waals surface area contributed by atoms with Crippen molar-refractivity contribution in [2.24, 2.45) is 0 Å². The average molecular weight is 396 g/mol.